The number of benzene rings is 1. The zero-order chi connectivity index (χ0) is 15.7. The van der Waals surface area contributed by atoms with Gasteiger partial charge in [-0.25, -0.2) is 0 Å². The lowest BCUT2D eigenvalue weighted by molar-refractivity contribution is -0.487. The number of nitrogens with zero attached hydrogens (tertiary/aromatic N) is 1. The van der Waals surface area contributed by atoms with E-state index in [1.54, 1.807) is 31.2 Å². The molecule has 0 aliphatic carbocycles. The van der Waals surface area contributed by atoms with Crippen LogP contribution in [0.1, 0.15) is 12.5 Å². The fourth-order valence-electron chi connectivity index (χ4n) is 1.74. The third-order valence-corrected chi connectivity index (χ3v) is 2.75. The minimum Gasteiger partial charge on any atom is -0.465 e. The summed E-state index contributed by atoms with van der Waals surface area (Å²) in [5, 5.41) is 10.6. The van der Waals surface area contributed by atoms with Crippen molar-refractivity contribution in [1.29, 1.82) is 0 Å². The number of aldehydes is 1. The Bertz CT molecular complexity index is 476. The van der Waals surface area contributed by atoms with E-state index in [4.69, 9.17) is 9.47 Å². The van der Waals surface area contributed by atoms with Crippen LogP contribution in [0.5, 0.6) is 0 Å². The van der Waals surface area contributed by atoms with Crippen LogP contribution in [0.15, 0.2) is 30.3 Å². The smallest absolute Gasteiger partial charge is 0.318 e. The van der Waals surface area contributed by atoms with Crippen molar-refractivity contribution in [3.05, 3.63) is 46.0 Å². The first-order chi connectivity index (χ1) is 10.1. The zero-order valence-corrected chi connectivity index (χ0v) is 11.6. The van der Waals surface area contributed by atoms with E-state index in [-0.39, 0.29) is 13.2 Å². The molecule has 0 N–H and O–H groups in total. The Hall–Kier alpha value is -2.28. The highest BCUT2D eigenvalue weighted by Crippen LogP contribution is 2.12. The molecule has 7 heteroatoms. The first-order valence-corrected chi connectivity index (χ1v) is 6.47. The van der Waals surface area contributed by atoms with Crippen LogP contribution in [-0.2, 0) is 25.7 Å². The molecular formula is C14H17NO6. The van der Waals surface area contributed by atoms with E-state index in [0.29, 0.717) is 6.29 Å². The van der Waals surface area contributed by atoms with Crippen molar-refractivity contribution in [1.82, 2.24) is 0 Å². The van der Waals surface area contributed by atoms with Gasteiger partial charge >= 0.3 is 5.97 Å². The number of hydrogen-bond acceptors (Lipinski definition) is 6. The number of carbonyl (C=O) groups excluding carboxylic acids is 2. The Balaban J connectivity index is 2.73. The molecule has 0 fully saturated rings. The summed E-state index contributed by atoms with van der Waals surface area (Å²) in [7, 11) is 0. The molecule has 0 spiro atoms. The molecule has 0 heterocycles. The van der Waals surface area contributed by atoms with E-state index in [1.165, 1.54) is 0 Å². The largest absolute Gasteiger partial charge is 0.465 e. The molecule has 0 aliphatic heterocycles. The quantitative estimate of drug-likeness (QED) is 0.294. The topological polar surface area (TPSA) is 95.7 Å². The van der Waals surface area contributed by atoms with Gasteiger partial charge in [-0.3, -0.25) is 14.9 Å². The highest BCUT2D eigenvalue weighted by atomic mass is 16.6. The summed E-state index contributed by atoms with van der Waals surface area (Å²) in [6.07, 6.45) is -0.816. The Labute approximate surface area is 122 Å². The Kier molecular flexibility index (Phi) is 7.03. The standard InChI is InChI=1S/C14H17NO6/c1-2-20-14(17)12(8-15(18)19)13(9-16)21-10-11-6-4-3-5-7-11/h3-7,9,12-13H,2,8,10H2,1H3/t12-,13-/m0/s1. The number of nitro groups is 1. The number of rotatable bonds is 9. The van der Waals surface area contributed by atoms with Crippen LogP contribution in [0.4, 0.5) is 0 Å². The normalized spacial score (nSPS) is 13.2. The van der Waals surface area contributed by atoms with E-state index in [0.717, 1.165) is 5.56 Å². The molecule has 1 aromatic rings. The van der Waals surface area contributed by atoms with Gasteiger partial charge in [0.25, 0.3) is 0 Å². The van der Waals surface area contributed by atoms with Crippen LogP contribution in [-0.4, -0.2) is 36.4 Å². The molecule has 21 heavy (non-hydrogen) atoms. The van der Waals surface area contributed by atoms with Gasteiger partial charge < -0.3 is 14.3 Å². The minimum atomic E-state index is -1.25. The maximum atomic E-state index is 11.7. The molecule has 0 aliphatic rings. The third-order valence-electron chi connectivity index (χ3n) is 2.75. The predicted octanol–water partition coefficient (Wildman–Crippen LogP) is 1.23. The van der Waals surface area contributed by atoms with Crippen LogP contribution in [0.25, 0.3) is 0 Å². The highest BCUT2D eigenvalue weighted by Gasteiger charge is 2.35. The molecule has 1 rings (SSSR count). The molecule has 0 saturated carbocycles. The van der Waals surface area contributed by atoms with Crippen LogP contribution in [0.3, 0.4) is 0 Å². The molecular weight excluding hydrogens is 278 g/mol. The van der Waals surface area contributed by atoms with E-state index in [2.05, 4.69) is 0 Å². The van der Waals surface area contributed by atoms with Crippen molar-refractivity contribution in [2.45, 2.75) is 19.6 Å². The van der Waals surface area contributed by atoms with Gasteiger partial charge in [-0.2, -0.15) is 0 Å². The summed E-state index contributed by atoms with van der Waals surface area (Å²) in [6, 6.07) is 9.00. The third kappa shape index (κ3) is 5.70. The second-order valence-electron chi connectivity index (χ2n) is 4.27. The minimum absolute atomic E-state index is 0.0807. The molecule has 1 aromatic carbocycles. The molecule has 7 nitrogen and oxygen atoms in total. The molecule has 0 saturated heterocycles. The Morgan fingerprint density at radius 1 is 1.38 bits per heavy atom. The fraction of sp³-hybridized carbons (Fsp3) is 0.429. The number of esters is 1. The van der Waals surface area contributed by atoms with E-state index in [9.17, 15) is 19.7 Å². The van der Waals surface area contributed by atoms with Crippen LogP contribution < -0.4 is 0 Å². The molecule has 0 aromatic heterocycles. The van der Waals surface area contributed by atoms with Crippen LogP contribution >= 0.6 is 0 Å². The summed E-state index contributed by atoms with van der Waals surface area (Å²) >= 11 is 0. The number of hydrogen-bond donors (Lipinski definition) is 0. The maximum Gasteiger partial charge on any atom is 0.318 e. The summed E-state index contributed by atoms with van der Waals surface area (Å²) in [5.74, 6) is -2.06. The average molecular weight is 295 g/mol. The zero-order valence-electron chi connectivity index (χ0n) is 11.6. The van der Waals surface area contributed by atoms with E-state index in [1.807, 2.05) is 6.07 Å². The maximum absolute atomic E-state index is 11.7. The lowest BCUT2D eigenvalue weighted by atomic mass is 10.0. The lowest BCUT2D eigenvalue weighted by Gasteiger charge is -2.18. The monoisotopic (exact) mass is 295 g/mol. The van der Waals surface area contributed by atoms with Gasteiger partial charge in [-0.15, -0.1) is 0 Å². The Morgan fingerprint density at radius 2 is 2.05 bits per heavy atom. The van der Waals surface area contributed by atoms with Gasteiger partial charge in [-0.05, 0) is 12.5 Å². The van der Waals surface area contributed by atoms with Gasteiger partial charge in [-0.1, -0.05) is 30.3 Å². The van der Waals surface area contributed by atoms with Gasteiger partial charge in [0.05, 0.1) is 13.2 Å². The second-order valence-corrected chi connectivity index (χ2v) is 4.27. The lowest BCUT2D eigenvalue weighted by Crippen LogP contribution is -2.38. The van der Waals surface area contributed by atoms with Crippen molar-refractivity contribution in [3.8, 4) is 0 Å². The number of ether oxygens (including phenoxy) is 2. The summed E-state index contributed by atoms with van der Waals surface area (Å²) < 4.78 is 10.1. The van der Waals surface area contributed by atoms with Gasteiger partial charge in [0.15, 0.2) is 5.92 Å². The van der Waals surface area contributed by atoms with E-state index < -0.39 is 29.5 Å². The molecule has 2 atom stereocenters. The summed E-state index contributed by atoms with van der Waals surface area (Å²) in [6.45, 7) is 1.04. The number of carbonyl (C=O) groups is 2. The highest BCUT2D eigenvalue weighted by molar-refractivity contribution is 5.78. The summed E-state index contributed by atoms with van der Waals surface area (Å²) in [4.78, 5) is 32.8. The molecule has 0 unspecified atom stereocenters. The first-order valence-electron chi connectivity index (χ1n) is 6.47. The van der Waals surface area contributed by atoms with Crippen LogP contribution in [0.2, 0.25) is 0 Å². The second kappa shape index (κ2) is 8.80. The van der Waals surface area contributed by atoms with Gasteiger partial charge in [0.2, 0.25) is 6.54 Å². The predicted molar refractivity (Wildman–Crippen MR) is 73.1 cm³/mol. The van der Waals surface area contributed by atoms with Gasteiger partial charge in [0.1, 0.15) is 12.4 Å². The molecule has 114 valence electrons. The molecule has 0 bridgehead atoms. The van der Waals surface area contributed by atoms with Crippen molar-refractivity contribution in [2.24, 2.45) is 5.92 Å². The SMILES string of the molecule is CCOC(=O)[C@@H](C[N+](=O)[O-])[C@H](C=O)OCc1ccccc1. The van der Waals surface area contributed by atoms with Crippen molar-refractivity contribution in [3.63, 3.8) is 0 Å². The summed E-state index contributed by atoms with van der Waals surface area (Å²) in [5.41, 5.74) is 0.799. The van der Waals surface area contributed by atoms with Crippen molar-refractivity contribution in [2.75, 3.05) is 13.2 Å². The fourth-order valence-corrected chi connectivity index (χ4v) is 1.74. The molecule has 0 amide bonds. The van der Waals surface area contributed by atoms with Crippen LogP contribution in [0, 0.1) is 16.0 Å². The van der Waals surface area contributed by atoms with Crippen molar-refractivity contribution >= 4 is 12.3 Å². The average Bonchev–Trinajstić information content (AvgIpc) is 2.47. The van der Waals surface area contributed by atoms with E-state index >= 15 is 0 Å². The molecule has 0 radical (unpaired) electrons. The Morgan fingerprint density at radius 3 is 2.57 bits per heavy atom. The van der Waals surface area contributed by atoms with Crippen molar-refractivity contribution < 1.29 is 24.0 Å². The van der Waals surface area contributed by atoms with Gasteiger partial charge in [0, 0.05) is 4.92 Å². The first kappa shape index (κ1) is 16.8.